The Morgan fingerprint density at radius 1 is 1.16 bits per heavy atom. The van der Waals surface area contributed by atoms with Crippen molar-refractivity contribution in [2.45, 2.75) is 51.1 Å². The summed E-state index contributed by atoms with van der Waals surface area (Å²) in [5.41, 5.74) is 0. The van der Waals surface area contributed by atoms with E-state index in [1.807, 2.05) is 18.5 Å². The number of rotatable bonds is 3. The topological polar surface area (TPSA) is 41.0 Å². The first-order valence-corrected chi connectivity index (χ1v) is 7.59. The number of piperidine rings is 1. The molecule has 1 aliphatic heterocycles. The second-order valence-corrected chi connectivity index (χ2v) is 6.12. The van der Waals surface area contributed by atoms with Gasteiger partial charge in [-0.1, -0.05) is 6.92 Å². The van der Waals surface area contributed by atoms with Gasteiger partial charge in [0.1, 0.15) is 0 Å². The van der Waals surface area contributed by atoms with Crippen LogP contribution in [0, 0.1) is 5.92 Å². The minimum Gasteiger partial charge on any atom is -0.339 e. The van der Waals surface area contributed by atoms with Gasteiger partial charge < -0.3 is 10.2 Å². The Hall–Kier alpha value is -1.16. The van der Waals surface area contributed by atoms with Crippen LogP contribution in [-0.2, 0) is 0 Å². The molecule has 1 saturated carbocycles. The number of aromatic nitrogens is 2. The molecule has 2 fully saturated rings. The largest absolute Gasteiger partial charge is 0.339 e. The maximum atomic E-state index is 4.37. The predicted octanol–water partition coefficient (Wildman–Crippen LogP) is 2.22. The number of nitrogens with zero attached hydrogens (tertiary/aromatic N) is 3. The molecule has 4 nitrogen and oxygen atoms in total. The molecule has 2 heterocycles. The average molecular weight is 260 g/mol. The van der Waals surface area contributed by atoms with E-state index >= 15 is 0 Å². The van der Waals surface area contributed by atoms with Crippen LogP contribution in [0.1, 0.15) is 39.0 Å². The molecule has 19 heavy (non-hydrogen) atoms. The summed E-state index contributed by atoms with van der Waals surface area (Å²) in [4.78, 5) is 11.1. The van der Waals surface area contributed by atoms with E-state index in [4.69, 9.17) is 0 Å². The fourth-order valence-corrected chi connectivity index (χ4v) is 3.44. The molecule has 0 amide bonds. The Morgan fingerprint density at radius 2 is 2.00 bits per heavy atom. The van der Waals surface area contributed by atoms with Crippen LogP contribution in [0.5, 0.6) is 0 Å². The normalized spacial score (nSPS) is 31.6. The van der Waals surface area contributed by atoms with Gasteiger partial charge in [-0.25, -0.2) is 9.97 Å². The third kappa shape index (κ3) is 3.24. The van der Waals surface area contributed by atoms with Crippen LogP contribution in [0.4, 0.5) is 5.95 Å². The van der Waals surface area contributed by atoms with Crippen LogP contribution in [0.3, 0.4) is 0 Å². The Morgan fingerprint density at radius 3 is 2.74 bits per heavy atom. The molecule has 0 bridgehead atoms. The molecule has 2 aliphatic rings. The molecule has 3 atom stereocenters. The monoisotopic (exact) mass is 260 g/mol. The van der Waals surface area contributed by atoms with Gasteiger partial charge in [0.25, 0.3) is 0 Å². The summed E-state index contributed by atoms with van der Waals surface area (Å²) in [5, 5.41) is 3.85. The standard InChI is InChI=1S/C15H24N4/c1-12-5-6-13(10-12)18-14-4-2-9-19(11-14)15-16-7-3-8-17-15/h3,7-8,12-14,18H,2,4-6,9-11H2,1H3. The van der Waals surface area contributed by atoms with Crippen molar-refractivity contribution in [1.29, 1.82) is 0 Å². The highest BCUT2D eigenvalue weighted by molar-refractivity contribution is 5.29. The highest BCUT2D eigenvalue weighted by Gasteiger charge is 2.27. The van der Waals surface area contributed by atoms with Gasteiger partial charge in [-0.05, 0) is 44.1 Å². The van der Waals surface area contributed by atoms with E-state index < -0.39 is 0 Å². The van der Waals surface area contributed by atoms with Crippen molar-refractivity contribution in [2.75, 3.05) is 18.0 Å². The number of hydrogen-bond acceptors (Lipinski definition) is 4. The van der Waals surface area contributed by atoms with Gasteiger partial charge in [0.15, 0.2) is 0 Å². The van der Waals surface area contributed by atoms with Gasteiger partial charge in [-0.2, -0.15) is 0 Å². The van der Waals surface area contributed by atoms with Gasteiger partial charge in [0, 0.05) is 37.6 Å². The van der Waals surface area contributed by atoms with Crippen molar-refractivity contribution >= 4 is 5.95 Å². The number of anilines is 1. The fraction of sp³-hybridized carbons (Fsp3) is 0.733. The van der Waals surface area contributed by atoms with E-state index in [1.54, 1.807) is 0 Å². The highest BCUT2D eigenvalue weighted by Crippen LogP contribution is 2.26. The van der Waals surface area contributed by atoms with Crippen LogP contribution in [0.2, 0.25) is 0 Å². The summed E-state index contributed by atoms with van der Waals surface area (Å²) in [5.74, 6) is 1.78. The molecule has 1 aromatic heterocycles. The van der Waals surface area contributed by atoms with Gasteiger partial charge in [-0.3, -0.25) is 0 Å². The minimum atomic E-state index is 0.604. The Balaban J connectivity index is 1.56. The molecule has 4 heteroatoms. The molecule has 3 rings (SSSR count). The average Bonchev–Trinajstić information content (AvgIpc) is 2.85. The van der Waals surface area contributed by atoms with Gasteiger partial charge in [-0.15, -0.1) is 0 Å². The number of nitrogens with one attached hydrogen (secondary N) is 1. The molecule has 1 aliphatic carbocycles. The smallest absolute Gasteiger partial charge is 0.225 e. The third-order valence-corrected chi connectivity index (χ3v) is 4.42. The maximum Gasteiger partial charge on any atom is 0.225 e. The molecule has 0 spiro atoms. The van der Waals surface area contributed by atoms with E-state index in [2.05, 4.69) is 27.1 Å². The molecular weight excluding hydrogens is 236 g/mol. The Bertz CT molecular complexity index is 394. The molecule has 104 valence electrons. The summed E-state index contributed by atoms with van der Waals surface area (Å²) in [6.07, 6.45) is 10.3. The first-order chi connectivity index (χ1) is 9.31. The lowest BCUT2D eigenvalue weighted by Gasteiger charge is -2.34. The SMILES string of the molecule is CC1CCC(NC2CCCN(c3ncccn3)C2)C1. The quantitative estimate of drug-likeness (QED) is 0.905. The lowest BCUT2D eigenvalue weighted by molar-refractivity contribution is 0.368. The summed E-state index contributed by atoms with van der Waals surface area (Å²) in [6, 6.07) is 3.22. The predicted molar refractivity (Wildman–Crippen MR) is 77.2 cm³/mol. The molecule has 0 aromatic carbocycles. The van der Waals surface area contributed by atoms with Gasteiger partial charge >= 0.3 is 0 Å². The van der Waals surface area contributed by atoms with Crippen LogP contribution >= 0.6 is 0 Å². The third-order valence-electron chi connectivity index (χ3n) is 4.42. The summed E-state index contributed by atoms with van der Waals surface area (Å²) in [7, 11) is 0. The van der Waals surface area contributed by atoms with E-state index in [1.165, 1.54) is 32.1 Å². The van der Waals surface area contributed by atoms with E-state index in [0.29, 0.717) is 6.04 Å². The van der Waals surface area contributed by atoms with Crippen LogP contribution in [0.15, 0.2) is 18.5 Å². The number of hydrogen-bond donors (Lipinski definition) is 1. The van der Waals surface area contributed by atoms with Crippen LogP contribution in [-0.4, -0.2) is 35.1 Å². The zero-order valence-corrected chi connectivity index (χ0v) is 11.8. The molecular formula is C15H24N4. The van der Waals surface area contributed by atoms with Gasteiger partial charge in [0.05, 0.1) is 0 Å². The first kappa shape index (κ1) is 12.9. The second kappa shape index (κ2) is 5.87. The van der Waals surface area contributed by atoms with Crippen molar-refractivity contribution in [1.82, 2.24) is 15.3 Å². The van der Waals surface area contributed by atoms with Crippen molar-refractivity contribution < 1.29 is 0 Å². The lowest BCUT2D eigenvalue weighted by atomic mass is 10.0. The molecule has 3 unspecified atom stereocenters. The molecule has 1 N–H and O–H groups in total. The van der Waals surface area contributed by atoms with E-state index in [-0.39, 0.29) is 0 Å². The van der Waals surface area contributed by atoms with E-state index in [0.717, 1.165) is 31.0 Å². The zero-order chi connectivity index (χ0) is 13.1. The Labute approximate surface area is 115 Å². The minimum absolute atomic E-state index is 0.604. The molecule has 1 saturated heterocycles. The van der Waals surface area contributed by atoms with E-state index in [9.17, 15) is 0 Å². The van der Waals surface area contributed by atoms with Crippen molar-refractivity contribution in [3.63, 3.8) is 0 Å². The van der Waals surface area contributed by atoms with Crippen LogP contribution < -0.4 is 10.2 Å². The van der Waals surface area contributed by atoms with Crippen molar-refractivity contribution in [2.24, 2.45) is 5.92 Å². The summed E-state index contributed by atoms with van der Waals surface area (Å²) < 4.78 is 0. The fourth-order valence-electron chi connectivity index (χ4n) is 3.44. The maximum absolute atomic E-state index is 4.37. The zero-order valence-electron chi connectivity index (χ0n) is 11.8. The van der Waals surface area contributed by atoms with Crippen molar-refractivity contribution in [3.8, 4) is 0 Å². The van der Waals surface area contributed by atoms with Crippen LogP contribution in [0.25, 0.3) is 0 Å². The first-order valence-electron chi connectivity index (χ1n) is 7.59. The summed E-state index contributed by atoms with van der Waals surface area (Å²) in [6.45, 7) is 4.50. The molecule has 0 radical (unpaired) electrons. The van der Waals surface area contributed by atoms with Crippen molar-refractivity contribution in [3.05, 3.63) is 18.5 Å². The molecule has 1 aromatic rings. The Kier molecular flexibility index (Phi) is 3.97. The second-order valence-electron chi connectivity index (χ2n) is 6.12. The highest BCUT2D eigenvalue weighted by atomic mass is 15.3. The summed E-state index contributed by atoms with van der Waals surface area (Å²) >= 11 is 0. The van der Waals surface area contributed by atoms with Gasteiger partial charge in [0.2, 0.25) is 5.95 Å². The lowest BCUT2D eigenvalue weighted by Crippen LogP contribution is -2.49.